The summed E-state index contributed by atoms with van der Waals surface area (Å²) in [6.45, 7) is 2.16. The first-order chi connectivity index (χ1) is 14.5. The van der Waals surface area contributed by atoms with Crippen LogP contribution >= 0.6 is 11.6 Å². The Morgan fingerprint density at radius 3 is 2.47 bits per heavy atom. The van der Waals surface area contributed by atoms with Crippen molar-refractivity contribution in [1.82, 2.24) is 5.01 Å². The zero-order valence-electron chi connectivity index (χ0n) is 16.0. The van der Waals surface area contributed by atoms with E-state index in [1.54, 1.807) is 48.5 Å². The maximum atomic E-state index is 13.0. The number of ether oxygens (including phenoxy) is 1. The lowest BCUT2D eigenvalue weighted by Crippen LogP contribution is -2.43. The van der Waals surface area contributed by atoms with Crippen LogP contribution in [0.15, 0.2) is 58.9 Å². The van der Waals surface area contributed by atoms with Gasteiger partial charge in [-0.15, -0.1) is 0 Å². The predicted octanol–water partition coefficient (Wildman–Crippen LogP) is 2.67. The van der Waals surface area contributed by atoms with E-state index in [9.17, 15) is 14.4 Å². The number of hydrogen-bond acceptors (Lipinski definition) is 7. The third kappa shape index (κ3) is 3.71. The highest BCUT2D eigenvalue weighted by molar-refractivity contribution is 6.30. The first-order valence-corrected chi connectivity index (χ1v) is 9.69. The van der Waals surface area contributed by atoms with E-state index in [1.165, 1.54) is 5.01 Å². The Kier molecular flexibility index (Phi) is 5.37. The first kappa shape index (κ1) is 19.8. The van der Waals surface area contributed by atoms with Crippen LogP contribution in [-0.4, -0.2) is 48.0 Å². The van der Waals surface area contributed by atoms with Crippen molar-refractivity contribution in [2.75, 3.05) is 23.4 Å². The first-order valence-electron chi connectivity index (χ1n) is 9.31. The Balaban J connectivity index is 1.46. The molecule has 2 atom stereocenters. The predicted molar refractivity (Wildman–Crippen MR) is 109 cm³/mol. The van der Waals surface area contributed by atoms with E-state index in [0.29, 0.717) is 28.8 Å². The third-order valence-electron chi connectivity index (χ3n) is 4.70. The highest BCUT2D eigenvalue weighted by Gasteiger charge is 2.55. The Bertz CT molecular complexity index is 1010. The summed E-state index contributed by atoms with van der Waals surface area (Å²) in [5.74, 6) is -0.700. The molecule has 0 spiro atoms. The van der Waals surface area contributed by atoms with E-state index < -0.39 is 29.8 Å². The van der Waals surface area contributed by atoms with Crippen molar-refractivity contribution in [3.05, 3.63) is 53.6 Å². The number of rotatable bonds is 6. The Labute approximate surface area is 177 Å². The molecule has 0 aliphatic carbocycles. The maximum Gasteiger partial charge on any atom is 0.263 e. The average molecular weight is 428 g/mol. The van der Waals surface area contributed by atoms with Gasteiger partial charge in [-0.1, -0.05) is 16.8 Å². The molecule has 2 aliphatic heterocycles. The number of carbonyl (C=O) groups excluding carboxylic acids is 3. The molecule has 0 radical (unpaired) electrons. The molecule has 1 N–H and O–H groups in total. The number of halogens is 1. The summed E-state index contributed by atoms with van der Waals surface area (Å²) in [6.07, 6.45) is 0. The fraction of sp³-hybridized carbons (Fsp3) is 0.250. The van der Waals surface area contributed by atoms with Crippen molar-refractivity contribution in [3.63, 3.8) is 0 Å². The lowest BCUT2D eigenvalue weighted by molar-refractivity contribution is -0.123. The molecular formula is C20H18ClN5O4. The van der Waals surface area contributed by atoms with Crippen LogP contribution in [-0.2, 0) is 14.4 Å². The molecule has 2 aromatic carbocycles. The second kappa shape index (κ2) is 8.11. The van der Waals surface area contributed by atoms with E-state index >= 15 is 0 Å². The molecule has 2 aromatic rings. The van der Waals surface area contributed by atoms with Gasteiger partial charge >= 0.3 is 0 Å². The Hall–Kier alpha value is -3.46. The number of carbonyl (C=O) groups is 3. The van der Waals surface area contributed by atoms with Crippen molar-refractivity contribution >= 4 is 40.7 Å². The summed E-state index contributed by atoms with van der Waals surface area (Å²) >= 11 is 5.84. The fourth-order valence-corrected chi connectivity index (χ4v) is 3.47. The monoisotopic (exact) mass is 427 g/mol. The summed E-state index contributed by atoms with van der Waals surface area (Å²) in [7, 11) is 0. The summed E-state index contributed by atoms with van der Waals surface area (Å²) in [4.78, 5) is 39.2. The van der Waals surface area contributed by atoms with E-state index in [2.05, 4.69) is 15.7 Å². The quantitative estimate of drug-likeness (QED) is 0.714. The van der Waals surface area contributed by atoms with Gasteiger partial charge < -0.3 is 10.1 Å². The number of anilines is 2. The van der Waals surface area contributed by atoms with Crippen molar-refractivity contribution in [2.24, 2.45) is 10.3 Å². The molecular weight excluding hydrogens is 410 g/mol. The van der Waals surface area contributed by atoms with Crippen LogP contribution in [0.5, 0.6) is 5.75 Å². The van der Waals surface area contributed by atoms with Gasteiger partial charge in [-0.05, 0) is 55.5 Å². The van der Waals surface area contributed by atoms with Gasteiger partial charge in [0.2, 0.25) is 5.91 Å². The second-order valence-corrected chi connectivity index (χ2v) is 7.12. The number of imide groups is 1. The molecule has 4 rings (SSSR count). The minimum absolute atomic E-state index is 0.219. The standard InChI is InChI=1S/C20H18ClN5O4/c1-2-30-15-9-7-14(8-10-15)26-19(28)17-18(20(26)29)25(24-23-17)11-16(27)22-13-5-3-12(21)4-6-13/h3-10,17-18H,2,11H2,1H3,(H,22,27)/t17-,18-/m1/s1. The van der Waals surface area contributed by atoms with Crippen LogP contribution in [0.3, 0.4) is 0 Å². The van der Waals surface area contributed by atoms with Gasteiger partial charge in [-0.3, -0.25) is 19.4 Å². The molecule has 10 heteroatoms. The molecule has 0 bridgehead atoms. The minimum atomic E-state index is -0.965. The topological polar surface area (TPSA) is 104 Å². The van der Waals surface area contributed by atoms with Crippen LogP contribution in [0.2, 0.25) is 5.02 Å². The third-order valence-corrected chi connectivity index (χ3v) is 4.95. The van der Waals surface area contributed by atoms with Gasteiger partial charge in [0.25, 0.3) is 11.8 Å². The summed E-state index contributed by atoms with van der Waals surface area (Å²) < 4.78 is 5.39. The van der Waals surface area contributed by atoms with Crippen LogP contribution in [0.1, 0.15) is 6.92 Å². The van der Waals surface area contributed by atoms with Crippen LogP contribution < -0.4 is 15.0 Å². The zero-order valence-corrected chi connectivity index (χ0v) is 16.7. The highest BCUT2D eigenvalue weighted by Crippen LogP contribution is 2.32. The molecule has 9 nitrogen and oxygen atoms in total. The maximum absolute atomic E-state index is 13.0. The van der Waals surface area contributed by atoms with Crippen molar-refractivity contribution in [3.8, 4) is 5.75 Å². The molecule has 2 heterocycles. The molecule has 154 valence electrons. The molecule has 2 aliphatic rings. The van der Waals surface area contributed by atoms with Crippen LogP contribution in [0.25, 0.3) is 0 Å². The van der Waals surface area contributed by atoms with E-state index in [0.717, 1.165) is 4.90 Å². The Morgan fingerprint density at radius 2 is 1.80 bits per heavy atom. The molecule has 0 saturated carbocycles. The summed E-state index contributed by atoms with van der Waals surface area (Å²) in [5.41, 5.74) is 0.977. The highest BCUT2D eigenvalue weighted by atomic mass is 35.5. The van der Waals surface area contributed by atoms with Crippen molar-refractivity contribution < 1.29 is 19.1 Å². The Morgan fingerprint density at radius 1 is 1.10 bits per heavy atom. The van der Waals surface area contributed by atoms with Gasteiger partial charge in [0, 0.05) is 10.7 Å². The number of nitrogens with zero attached hydrogens (tertiary/aromatic N) is 4. The number of hydrogen-bond donors (Lipinski definition) is 1. The number of benzene rings is 2. The number of fused-ring (bicyclic) bond motifs is 1. The second-order valence-electron chi connectivity index (χ2n) is 6.69. The lowest BCUT2D eigenvalue weighted by atomic mass is 10.1. The van der Waals surface area contributed by atoms with Gasteiger partial charge in [0.15, 0.2) is 12.1 Å². The molecule has 30 heavy (non-hydrogen) atoms. The molecule has 0 aromatic heterocycles. The van der Waals surface area contributed by atoms with Gasteiger partial charge in [-0.25, -0.2) is 4.90 Å². The van der Waals surface area contributed by atoms with Crippen LogP contribution in [0.4, 0.5) is 11.4 Å². The van der Waals surface area contributed by atoms with Crippen molar-refractivity contribution in [1.29, 1.82) is 0 Å². The molecule has 3 amide bonds. The fourth-order valence-electron chi connectivity index (χ4n) is 3.35. The van der Waals surface area contributed by atoms with Crippen LogP contribution in [0, 0.1) is 0 Å². The smallest absolute Gasteiger partial charge is 0.263 e. The van der Waals surface area contributed by atoms with Crippen molar-refractivity contribution in [2.45, 2.75) is 19.0 Å². The van der Waals surface area contributed by atoms with E-state index in [1.807, 2.05) is 6.92 Å². The lowest BCUT2D eigenvalue weighted by Gasteiger charge is -2.20. The van der Waals surface area contributed by atoms with E-state index in [4.69, 9.17) is 16.3 Å². The SMILES string of the molecule is CCOc1ccc(N2C(=O)[C@@H]3N=NN(CC(=O)Nc4ccc(Cl)cc4)[C@H]3C2=O)cc1. The normalized spacial score (nSPS) is 19.9. The average Bonchev–Trinajstić information content (AvgIpc) is 3.24. The van der Waals surface area contributed by atoms with Gasteiger partial charge in [0.1, 0.15) is 12.3 Å². The van der Waals surface area contributed by atoms with E-state index in [-0.39, 0.29) is 6.54 Å². The van der Waals surface area contributed by atoms with Gasteiger partial charge in [-0.2, -0.15) is 5.11 Å². The minimum Gasteiger partial charge on any atom is -0.494 e. The molecule has 1 fully saturated rings. The summed E-state index contributed by atoms with van der Waals surface area (Å²) in [5, 5.41) is 12.3. The number of amides is 3. The zero-order chi connectivity index (χ0) is 21.3. The molecule has 1 saturated heterocycles. The summed E-state index contributed by atoms with van der Waals surface area (Å²) in [6, 6.07) is 11.4. The number of nitrogens with one attached hydrogen (secondary N) is 1. The molecule has 0 unspecified atom stereocenters. The largest absolute Gasteiger partial charge is 0.494 e. The van der Waals surface area contributed by atoms with Gasteiger partial charge in [0.05, 0.1) is 12.3 Å².